The van der Waals surface area contributed by atoms with Gasteiger partial charge in [0, 0.05) is 6.04 Å². The lowest BCUT2D eigenvalue weighted by Crippen LogP contribution is -2.35. The fraction of sp³-hybridized carbons (Fsp3) is 0.429. The van der Waals surface area contributed by atoms with Gasteiger partial charge in [-0.05, 0) is 47.9 Å². The smallest absolute Gasteiger partial charge is 0.0584 e. The Bertz CT molecular complexity index is 592. The zero-order valence-corrected chi connectivity index (χ0v) is 13.2. The van der Waals surface area contributed by atoms with Crippen LogP contribution in [0.2, 0.25) is 0 Å². The molecule has 1 fully saturated rings. The Labute approximate surface area is 133 Å². The fourth-order valence-electron chi connectivity index (χ4n) is 4.21. The Hall–Kier alpha value is -1.60. The molecule has 114 valence electrons. The van der Waals surface area contributed by atoms with Crippen LogP contribution in [0.5, 0.6) is 0 Å². The van der Waals surface area contributed by atoms with Crippen LogP contribution in [0.25, 0.3) is 0 Å². The lowest BCUT2D eigenvalue weighted by molar-refractivity contribution is 0.354. The van der Waals surface area contributed by atoms with Crippen molar-refractivity contribution in [2.24, 2.45) is 0 Å². The van der Waals surface area contributed by atoms with Gasteiger partial charge in [-0.2, -0.15) is 0 Å². The molecule has 0 atom stereocenters. The second kappa shape index (κ2) is 6.26. The predicted octanol–water partition coefficient (Wildman–Crippen LogP) is 4.80. The topological polar surface area (TPSA) is 12.0 Å². The molecule has 0 amide bonds. The number of nitrogens with one attached hydrogen (secondary N) is 1. The molecule has 2 aliphatic rings. The maximum absolute atomic E-state index is 4.01. The van der Waals surface area contributed by atoms with E-state index >= 15 is 0 Å². The molecule has 22 heavy (non-hydrogen) atoms. The van der Waals surface area contributed by atoms with Crippen molar-refractivity contribution in [2.75, 3.05) is 0 Å². The minimum Gasteiger partial charge on any atom is -0.303 e. The summed E-state index contributed by atoms with van der Waals surface area (Å²) in [6, 6.07) is 19.1. The van der Waals surface area contributed by atoms with Gasteiger partial charge in [0.05, 0.1) is 6.04 Å². The highest BCUT2D eigenvalue weighted by Crippen LogP contribution is 2.34. The second-order valence-corrected chi connectivity index (χ2v) is 6.83. The van der Waals surface area contributed by atoms with E-state index in [9.17, 15) is 0 Å². The normalized spacial score (nSPS) is 19.3. The Kier molecular flexibility index (Phi) is 3.99. The molecule has 0 unspecified atom stereocenters. The summed E-state index contributed by atoms with van der Waals surface area (Å²) in [5, 5.41) is 4.01. The Morgan fingerprint density at radius 3 is 1.82 bits per heavy atom. The molecular weight excluding hydrogens is 266 g/mol. The van der Waals surface area contributed by atoms with Gasteiger partial charge < -0.3 is 5.32 Å². The van der Waals surface area contributed by atoms with E-state index in [1.807, 2.05) is 0 Å². The maximum Gasteiger partial charge on any atom is 0.0584 e. The highest BCUT2D eigenvalue weighted by atomic mass is 15.0. The van der Waals surface area contributed by atoms with Crippen LogP contribution in [0, 0.1) is 0 Å². The molecular formula is C21H25N. The van der Waals surface area contributed by atoms with Crippen LogP contribution in [0.3, 0.4) is 0 Å². The zero-order valence-electron chi connectivity index (χ0n) is 13.2. The quantitative estimate of drug-likeness (QED) is 0.838. The monoisotopic (exact) mass is 291 g/mol. The van der Waals surface area contributed by atoms with E-state index < -0.39 is 0 Å². The van der Waals surface area contributed by atoms with Crippen LogP contribution >= 0.6 is 0 Å². The number of benzene rings is 2. The zero-order chi connectivity index (χ0) is 14.8. The molecule has 0 radical (unpaired) electrons. The third-order valence-corrected chi connectivity index (χ3v) is 5.40. The van der Waals surface area contributed by atoms with E-state index in [4.69, 9.17) is 0 Å². The summed E-state index contributed by atoms with van der Waals surface area (Å²) in [6.07, 6.45) is 9.17. The van der Waals surface area contributed by atoms with Crippen molar-refractivity contribution < 1.29 is 0 Å². The summed E-state index contributed by atoms with van der Waals surface area (Å²) in [6.45, 7) is 0. The van der Waals surface area contributed by atoms with Gasteiger partial charge in [0.1, 0.15) is 0 Å². The summed E-state index contributed by atoms with van der Waals surface area (Å²) in [4.78, 5) is 0. The molecule has 0 aliphatic heterocycles. The van der Waals surface area contributed by atoms with Crippen LogP contribution in [-0.4, -0.2) is 6.04 Å². The van der Waals surface area contributed by atoms with Gasteiger partial charge in [-0.15, -0.1) is 0 Å². The minimum absolute atomic E-state index is 0.373. The molecule has 0 aromatic heterocycles. The SMILES string of the molecule is c1ccc2c(c1)CCc1ccccc1C2NC1CCCCC1. The van der Waals surface area contributed by atoms with Crippen molar-refractivity contribution >= 4 is 0 Å². The second-order valence-electron chi connectivity index (χ2n) is 6.83. The van der Waals surface area contributed by atoms with Crippen LogP contribution in [0.15, 0.2) is 48.5 Å². The Morgan fingerprint density at radius 1 is 0.682 bits per heavy atom. The predicted molar refractivity (Wildman–Crippen MR) is 92.1 cm³/mol. The highest BCUT2D eigenvalue weighted by Gasteiger charge is 2.25. The van der Waals surface area contributed by atoms with Crippen molar-refractivity contribution in [3.8, 4) is 0 Å². The molecule has 4 rings (SSSR count). The first-order chi connectivity index (χ1) is 10.9. The first-order valence-electron chi connectivity index (χ1n) is 8.83. The van der Waals surface area contributed by atoms with Crippen molar-refractivity contribution in [1.29, 1.82) is 0 Å². The number of rotatable bonds is 2. The standard InChI is InChI=1S/C21H25N/c1-2-10-18(11-3-1)22-21-19-12-6-4-8-16(19)14-15-17-9-5-7-13-20(17)21/h4-9,12-13,18,21-22H,1-3,10-11,14-15H2. The van der Waals surface area contributed by atoms with Gasteiger partial charge in [-0.25, -0.2) is 0 Å². The van der Waals surface area contributed by atoms with Crippen LogP contribution in [-0.2, 0) is 12.8 Å². The molecule has 1 N–H and O–H groups in total. The Balaban J connectivity index is 1.73. The first-order valence-corrected chi connectivity index (χ1v) is 8.83. The number of hydrogen-bond acceptors (Lipinski definition) is 1. The fourth-order valence-corrected chi connectivity index (χ4v) is 4.21. The van der Waals surface area contributed by atoms with Crippen LogP contribution in [0.1, 0.15) is 60.4 Å². The molecule has 0 heterocycles. The van der Waals surface area contributed by atoms with E-state index in [0.717, 1.165) is 12.8 Å². The van der Waals surface area contributed by atoms with Crippen molar-refractivity contribution in [1.82, 2.24) is 5.32 Å². The third kappa shape index (κ3) is 2.70. The van der Waals surface area contributed by atoms with Gasteiger partial charge >= 0.3 is 0 Å². The first kappa shape index (κ1) is 14.0. The average Bonchev–Trinajstić information content (AvgIpc) is 2.74. The number of aryl methyl sites for hydroxylation is 2. The lowest BCUT2D eigenvalue weighted by atomic mass is 9.90. The average molecular weight is 291 g/mol. The molecule has 0 saturated heterocycles. The summed E-state index contributed by atoms with van der Waals surface area (Å²) >= 11 is 0. The van der Waals surface area contributed by atoms with Crippen molar-refractivity contribution in [2.45, 2.75) is 57.0 Å². The summed E-state index contributed by atoms with van der Waals surface area (Å²) in [7, 11) is 0. The van der Waals surface area contributed by atoms with Gasteiger partial charge in [0.15, 0.2) is 0 Å². The highest BCUT2D eigenvalue weighted by molar-refractivity contribution is 5.44. The molecule has 1 saturated carbocycles. The number of hydrogen-bond donors (Lipinski definition) is 1. The van der Waals surface area contributed by atoms with E-state index in [1.54, 1.807) is 0 Å². The molecule has 0 spiro atoms. The van der Waals surface area contributed by atoms with Crippen LogP contribution < -0.4 is 5.32 Å². The van der Waals surface area contributed by atoms with Crippen LogP contribution in [0.4, 0.5) is 0 Å². The molecule has 2 aromatic rings. The number of fused-ring (bicyclic) bond motifs is 2. The van der Waals surface area contributed by atoms with E-state index in [0.29, 0.717) is 12.1 Å². The van der Waals surface area contributed by atoms with Gasteiger partial charge in [0.2, 0.25) is 0 Å². The summed E-state index contributed by atoms with van der Waals surface area (Å²) in [5.74, 6) is 0. The van der Waals surface area contributed by atoms with Gasteiger partial charge in [-0.1, -0.05) is 67.8 Å². The minimum atomic E-state index is 0.373. The van der Waals surface area contributed by atoms with E-state index in [1.165, 1.54) is 54.4 Å². The van der Waals surface area contributed by atoms with Gasteiger partial charge in [-0.3, -0.25) is 0 Å². The molecule has 2 aromatic carbocycles. The summed E-state index contributed by atoms with van der Waals surface area (Å²) in [5.41, 5.74) is 6.04. The molecule has 2 aliphatic carbocycles. The summed E-state index contributed by atoms with van der Waals surface area (Å²) < 4.78 is 0. The van der Waals surface area contributed by atoms with E-state index in [-0.39, 0.29) is 0 Å². The largest absolute Gasteiger partial charge is 0.303 e. The molecule has 0 bridgehead atoms. The lowest BCUT2D eigenvalue weighted by Gasteiger charge is -2.30. The third-order valence-electron chi connectivity index (χ3n) is 5.40. The van der Waals surface area contributed by atoms with Crippen molar-refractivity contribution in [3.05, 3.63) is 70.8 Å². The maximum atomic E-state index is 4.01. The van der Waals surface area contributed by atoms with Gasteiger partial charge in [0.25, 0.3) is 0 Å². The Morgan fingerprint density at radius 2 is 1.23 bits per heavy atom. The van der Waals surface area contributed by atoms with Crippen molar-refractivity contribution in [3.63, 3.8) is 0 Å². The van der Waals surface area contributed by atoms with E-state index in [2.05, 4.69) is 53.8 Å². The molecule has 1 heteroatoms. The molecule has 1 nitrogen and oxygen atoms in total.